The van der Waals surface area contributed by atoms with Crippen LogP contribution in [0, 0.1) is 6.92 Å². The second-order valence-electron chi connectivity index (χ2n) is 6.17. The van der Waals surface area contributed by atoms with Gasteiger partial charge in [-0.25, -0.2) is 4.98 Å². The summed E-state index contributed by atoms with van der Waals surface area (Å²) in [5.74, 6) is 1.22. The Morgan fingerprint density at radius 1 is 1.35 bits per heavy atom. The molecule has 1 amide bonds. The van der Waals surface area contributed by atoms with Crippen LogP contribution in [0.2, 0.25) is 0 Å². The second-order valence-corrected chi connectivity index (χ2v) is 7.20. The predicted molar refractivity (Wildman–Crippen MR) is 92.5 cm³/mol. The Morgan fingerprint density at radius 3 is 2.74 bits per heavy atom. The number of carbonyl (C=O) groups excluding carboxylic acids is 1. The summed E-state index contributed by atoms with van der Waals surface area (Å²) in [7, 11) is 0. The van der Waals surface area contributed by atoms with Gasteiger partial charge < -0.3 is 9.47 Å². The SMILES string of the molecule is Cc1nccn1[C@H](C)CC(=O)N1CCN(Cc2cccs2)CC1. The molecular formula is C17H24N4OS. The Kier molecular flexibility index (Phi) is 5.13. The van der Waals surface area contributed by atoms with Crippen LogP contribution in [-0.4, -0.2) is 51.4 Å². The number of rotatable bonds is 5. The van der Waals surface area contributed by atoms with Crippen LogP contribution < -0.4 is 0 Å². The highest BCUT2D eigenvalue weighted by molar-refractivity contribution is 7.09. The minimum atomic E-state index is 0.161. The van der Waals surface area contributed by atoms with Crippen molar-refractivity contribution in [2.45, 2.75) is 32.9 Å². The second kappa shape index (κ2) is 7.27. The van der Waals surface area contributed by atoms with Crippen LogP contribution in [0.3, 0.4) is 0 Å². The summed E-state index contributed by atoms with van der Waals surface area (Å²) in [4.78, 5) is 22.6. The third-order valence-corrected chi connectivity index (χ3v) is 5.35. The molecular weight excluding hydrogens is 308 g/mol. The van der Waals surface area contributed by atoms with Gasteiger partial charge in [-0.1, -0.05) is 6.07 Å². The number of aryl methyl sites for hydroxylation is 1. The number of hydrogen-bond acceptors (Lipinski definition) is 4. The lowest BCUT2D eigenvalue weighted by molar-refractivity contribution is -0.133. The molecule has 0 radical (unpaired) electrons. The summed E-state index contributed by atoms with van der Waals surface area (Å²) in [5.41, 5.74) is 0. The van der Waals surface area contributed by atoms with Gasteiger partial charge in [-0.05, 0) is 25.3 Å². The van der Waals surface area contributed by atoms with Crippen molar-refractivity contribution in [1.82, 2.24) is 19.4 Å². The Labute approximate surface area is 141 Å². The third-order valence-electron chi connectivity index (χ3n) is 4.49. The van der Waals surface area contributed by atoms with Crippen molar-refractivity contribution in [2.24, 2.45) is 0 Å². The molecule has 2 aromatic rings. The van der Waals surface area contributed by atoms with Crippen LogP contribution in [-0.2, 0) is 11.3 Å². The fraction of sp³-hybridized carbons (Fsp3) is 0.529. The van der Waals surface area contributed by atoms with Crippen molar-refractivity contribution in [3.05, 3.63) is 40.6 Å². The topological polar surface area (TPSA) is 41.4 Å². The number of piperazine rings is 1. The van der Waals surface area contributed by atoms with Gasteiger partial charge in [0, 0.05) is 62.5 Å². The van der Waals surface area contributed by atoms with E-state index >= 15 is 0 Å². The molecule has 0 aromatic carbocycles. The number of carbonyl (C=O) groups is 1. The molecule has 124 valence electrons. The molecule has 3 heterocycles. The van der Waals surface area contributed by atoms with E-state index in [-0.39, 0.29) is 11.9 Å². The highest BCUT2D eigenvalue weighted by Crippen LogP contribution is 2.17. The molecule has 0 N–H and O–H groups in total. The first-order valence-electron chi connectivity index (χ1n) is 8.15. The molecule has 0 saturated carbocycles. The van der Waals surface area contributed by atoms with Gasteiger partial charge in [-0.3, -0.25) is 9.69 Å². The third kappa shape index (κ3) is 4.00. The zero-order valence-electron chi connectivity index (χ0n) is 13.8. The van der Waals surface area contributed by atoms with Crippen molar-refractivity contribution >= 4 is 17.2 Å². The first-order chi connectivity index (χ1) is 11.1. The van der Waals surface area contributed by atoms with E-state index in [4.69, 9.17) is 0 Å². The standard InChI is InChI=1S/C17H24N4OS/c1-14(21-6-5-18-15(21)2)12-17(22)20-9-7-19(8-10-20)13-16-4-3-11-23-16/h3-6,11,14H,7-10,12-13H2,1-2H3/t14-/m1/s1. The highest BCUT2D eigenvalue weighted by atomic mass is 32.1. The average molecular weight is 332 g/mol. The predicted octanol–water partition coefficient (Wildman–Crippen LogP) is 2.55. The van der Waals surface area contributed by atoms with E-state index in [2.05, 4.69) is 38.9 Å². The van der Waals surface area contributed by atoms with Crippen LogP contribution >= 0.6 is 11.3 Å². The molecule has 0 bridgehead atoms. The van der Waals surface area contributed by atoms with E-state index in [0.29, 0.717) is 6.42 Å². The molecule has 0 aliphatic carbocycles. The quantitative estimate of drug-likeness (QED) is 0.845. The number of amides is 1. The summed E-state index contributed by atoms with van der Waals surface area (Å²) in [5, 5.41) is 2.12. The van der Waals surface area contributed by atoms with Crippen LogP contribution in [0.25, 0.3) is 0 Å². The molecule has 1 aliphatic heterocycles. The number of hydrogen-bond donors (Lipinski definition) is 0. The largest absolute Gasteiger partial charge is 0.340 e. The molecule has 1 atom stereocenters. The average Bonchev–Trinajstić information content (AvgIpc) is 3.19. The fourth-order valence-electron chi connectivity index (χ4n) is 3.11. The highest BCUT2D eigenvalue weighted by Gasteiger charge is 2.23. The van der Waals surface area contributed by atoms with E-state index in [0.717, 1.165) is 38.5 Å². The Balaban J connectivity index is 1.47. The molecule has 23 heavy (non-hydrogen) atoms. The van der Waals surface area contributed by atoms with Crippen LogP contribution in [0.15, 0.2) is 29.9 Å². The van der Waals surface area contributed by atoms with Crippen molar-refractivity contribution in [2.75, 3.05) is 26.2 Å². The maximum atomic E-state index is 12.5. The first kappa shape index (κ1) is 16.2. The Bertz CT molecular complexity index is 629. The molecule has 1 aliphatic rings. The molecule has 2 aromatic heterocycles. The van der Waals surface area contributed by atoms with Gasteiger partial charge in [0.05, 0.1) is 0 Å². The lowest BCUT2D eigenvalue weighted by atomic mass is 10.2. The smallest absolute Gasteiger partial charge is 0.224 e. The minimum Gasteiger partial charge on any atom is -0.340 e. The summed E-state index contributed by atoms with van der Waals surface area (Å²) in [6.07, 6.45) is 4.29. The van der Waals surface area contributed by atoms with Gasteiger partial charge in [0.2, 0.25) is 5.91 Å². The number of aromatic nitrogens is 2. The zero-order chi connectivity index (χ0) is 16.2. The van der Waals surface area contributed by atoms with Gasteiger partial charge in [0.1, 0.15) is 5.82 Å². The summed E-state index contributed by atoms with van der Waals surface area (Å²) in [6, 6.07) is 4.44. The Morgan fingerprint density at radius 2 is 2.13 bits per heavy atom. The first-order valence-corrected chi connectivity index (χ1v) is 9.03. The molecule has 0 spiro atoms. The van der Waals surface area contributed by atoms with E-state index in [1.54, 1.807) is 17.5 Å². The minimum absolute atomic E-state index is 0.161. The number of thiophene rings is 1. The monoisotopic (exact) mass is 332 g/mol. The van der Waals surface area contributed by atoms with E-state index in [9.17, 15) is 4.79 Å². The van der Waals surface area contributed by atoms with Crippen molar-refractivity contribution in [1.29, 1.82) is 0 Å². The summed E-state index contributed by atoms with van der Waals surface area (Å²) in [6.45, 7) is 8.65. The molecule has 6 heteroatoms. The van der Waals surface area contributed by atoms with Crippen molar-refractivity contribution in [3.8, 4) is 0 Å². The molecule has 1 fully saturated rings. The fourth-order valence-corrected chi connectivity index (χ4v) is 3.86. The lowest BCUT2D eigenvalue weighted by Gasteiger charge is -2.35. The van der Waals surface area contributed by atoms with Crippen LogP contribution in [0.4, 0.5) is 0 Å². The van der Waals surface area contributed by atoms with Gasteiger partial charge in [-0.15, -0.1) is 11.3 Å². The number of imidazole rings is 1. The zero-order valence-corrected chi connectivity index (χ0v) is 14.6. The van der Waals surface area contributed by atoms with Gasteiger partial charge >= 0.3 is 0 Å². The summed E-state index contributed by atoms with van der Waals surface area (Å²) >= 11 is 1.80. The van der Waals surface area contributed by atoms with Crippen LogP contribution in [0.5, 0.6) is 0 Å². The maximum Gasteiger partial charge on any atom is 0.224 e. The lowest BCUT2D eigenvalue weighted by Crippen LogP contribution is -2.48. The van der Waals surface area contributed by atoms with E-state index in [1.165, 1.54) is 4.88 Å². The van der Waals surface area contributed by atoms with E-state index < -0.39 is 0 Å². The molecule has 0 unspecified atom stereocenters. The maximum absolute atomic E-state index is 12.5. The van der Waals surface area contributed by atoms with Crippen molar-refractivity contribution in [3.63, 3.8) is 0 Å². The summed E-state index contributed by atoms with van der Waals surface area (Å²) < 4.78 is 2.07. The molecule has 1 saturated heterocycles. The normalized spacial score (nSPS) is 17.4. The van der Waals surface area contributed by atoms with Gasteiger partial charge in [0.15, 0.2) is 0 Å². The molecule has 5 nitrogen and oxygen atoms in total. The number of nitrogens with zero attached hydrogens (tertiary/aromatic N) is 4. The van der Waals surface area contributed by atoms with Gasteiger partial charge in [-0.2, -0.15) is 0 Å². The van der Waals surface area contributed by atoms with Crippen molar-refractivity contribution < 1.29 is 4.79 Å². The van der Waals surface area contributed by atoms with Crippen LogP contribution in [0.1, 0.15) is 30.1 Å². The van der Waals surface area contributed by atoms with Gasteiger partial charge in [0.25, 0.3) is 0 Å². The van der Waals surface area contributed by atoms with E-state index in [1.807, 2.05) is 18.0 Å². The Hall–Kier alpha value is -1.66. The molecule has 3 rings (SSSR count).